The number of aryl methyl sites for hydroxylation is 2. The van der Waals surface area contributed by atoms with E-state index in [2.05, 4.69) is 17.0 Å². The Hall–Kier alpha value is -2.87. The number of likely N-dealkylation sites (tertiary alicyclic amines) is 1. The first-order chi connectivity index (χ1) is 15.9. The monoisotopic (exact) mass is 453 g/mol. The van der Waals surface area contributed by atoms with E-state index in [1.165, 1.54) is 0 Å². The molecule has 8 heteroatoms. The van der Waals surface area contributed by atoms with Crippen molar-refractivity contribution in [2.75, 3.05) is 46.3 Å². The van der Waals surface area contributed by atoms with Crippen LogP contribution in [0.3, 0.4) is 0 Å². The van der Waals surface area contributed by atoms with Crippen molar-refractivity contribution in [2.24, 2.45) is 5.92 Å². The van der Waals surface area contributed by atoms with Crippen molar-refractivity contribution in [3.05, 3.63) is 47.8 Å². The molecule has 33 heavy (non-hydrogen) atoms. The van der Waals surface area contributed by atoms with Gasteiger partial charge in [0.25, 0.3) is 0 Å². The lowest BCUT2D eigenvalue weighted by Gasteiger charge is -2.40. The number of para-hydroxylation sites is 1. The molecule has 4 rings (SSSR count). The maximum Gasteiger partial charge on any atom is 0.244 e. The molecule has 8 nitrogen and oxygen atoms in total. The number of aromatic nitrogens is 2. The van der Waals surface area contributed by atoms with E-state index >= 15 is 0 Å². The van der Waals surface area contributed by atoms with Gasteiger partial charge in [-0.2, -0.15) is 5.10 Å². The summed E-state index contributed by atoms with van der Waals surface area (Å²) in [6.07, 6.45) is 1.00. The van der Waals surface area contributed by atoms with Gasteiger partial charge in [-0.25, -0.2) is 0 Å². The van der Waals surface area contributed by atoms with Crippen molar-refractivity contribution in [3.63, 3.8) is 0 Å². The Labute approximate surface area is 196 Å². The summed E-state index contributed by atoms with van der Waals surface area (Å²) >= 11 is 0. The molecule has 2 atom stereocenters. The summed E-state index contributed by atoms with van der Waals surface area (Å²) in [7, 11) is 2.08. The van der Waals surface area contributed by atoms with Gasteiger partial charge in [-0.05, 0) is 39.1 Å². The average Bonchev–Trinajstić information content (AvgIpc) is 3.12. The Morgan fingerprint density at radius 1 is 1.00 bits per heavy atom. The molecule has 2 aromatic rings. The van der Waals surface area contributed by atoms with Crippen LogP contribution in [0.25, 0.3) is 0 Å². The molecule has 0 unspecified atom stereocenters. The van der Waals surface area contributed by atoms with Gasteiger partial charge in [0.15, 0.2) is 0 Å². The van der Waals surface area contributed by atoms with Crippen LogP contribution in [0.15, 0.2) is 36.4 Å². The highest BCUT2D eigenvalue weighted by Gasteiger charge is 2.35. The lowest BCUT2D eigenvalue weighted by molar-refractivity contribution is -0.140. The number of rotatable bonds is 6. The second-order valence-electron chi connectivity index (χ2n) is 9.33. The smallest absolute Gasteiger partial charge is 0.244 e. The molecule has 0 spiro atoms. The lowest BCUT2D eigenvalue weighted by atomic mass is 9.90. The number of benzene rings is 1. The number of carbonyl (C=O) groups is 2. The molecule has 2 amide bonds. The maximum absolute atomic E-state index is 13.1. The Morgan fingerprint density at radius 3 is 2.39 bits per heavy atom. The molecule has 178 valence electrons. The van der Waals surface area contributed by atoms with Crippen LogP contribution in [0, 0.1) is 19.8 Å². The maximum atomic E-state index is 13.1. The first-order valence-corrected chi connectivity index (χ1v) is 11.9. The minimum absolute atomic E-state index is 0.0383. The third-order valence-corrected chi connectivity index (χ3v) is 6.73. The number of nitrogens with zero attached hydrogens (tertiary/aromatic N) is 5. The van der Waals surface area contributed by atoms with E-state index in [1.807, 2.05) is 60.0 Å². The normalized spacial score (nSPS) is 21.8. The summed E-state index contributed by atoms with van der Waals surface area (Å²) < 4.78 is 8.07. The van der Waals surface area contributed by atoms with E-state index < -0.39 is 0 Å². The number of amides is 2. The molecule has 2 aliphatic heterocycles. The number of hydrogen-bond acceptors (Lipinski definition) is 5. The highest BCUT2D eigenvalue weighted by atomic mass is 16.5. The van der Waals surface area contributed by atoms with Gasteiger partial charge < -0.3 is 19.4 Å². The molecular weight excluding hydrogens is 418 g/mol. The molecule has 0 N–H and O–H groups in total. The third-order valence-electron chi connectivity index (χ3n) is 6.73. The first-order valence-electron chi connectivity index (χ1n) is 11.9. The van der Waals surface area contributed by atoms with E-state index in [1.54, 1.807) is 4.68 Å². The number of ether oxygens (including phenoxy) is 1. The highest BCUT2D eigenvalue weighted by Crippen LogP contribution is 2.27. The predicted molar refractivity (Wildman–Crippen MR) is 126 cm³/mol. The van der Waals surface area contributed by atoms with Crippen LogP contribution < -0.4 is 4.74 Å². The zero-order chi connectivity index (χ0) is 23.4. The van der Waals surface area contributed by atoms with Crippen molar-refractivity contribution in [1.82, 2.24) is 24.5 Å². The molecule has 1 aromatic heterocycles. The van der Waals surface area contributed by atoms with Crippen LogP contribution in [0.4, 0.5) is 0 Å². The van der Waals surface area contributed by atoms with Crippen LogP contribution in [-0.2, 0) is 16.1 Å². The van der Waals surface area contributed by atoms with Crippen molar-refractivity contribution in [2.45, 2.75) is 39.3 Å². The number of piperazine rings is 1. The van der Waals surface area contributed by atoms with Gasteiger partial charge in [0.1, 0.15) is 18.4 Å². The number of hydrogen-bond donors (Lipinski definition) is 0. The van der Waals surface area contributed by atoms with Gasteiger partial charge >= 0.3 is 0 Å². The van der Waals surface area contributed by atoms with E-state index in [4.69, 9.17) is 4.74 Å². The zero-order valence-electron chi connectivity index (χ0n) is 19.9. The number of piperidine rings is 1. The Balaban J connectivity index is 1.44. The summed E-state index contributed by atoms with van der Waals surface area (Å²) in [5.41, 5.74) is 1.89. The highest BCUT2D eigenvalue weighted by molar-refractivity contribution is 5.78. The van der Waals surface area contributed by atoms with Gasteiger partial charge in [0, 0.05) is 63.7 Å². The van der Waals surface area contributed by atoms with Crippen LogP contribution in [0.5, 0.6) is 5.75 Å². The van der Waals surface area contributed by atoms with E-state index in [0.29, 0.717) is 25.9 Å². The summed E-state index contributed by atoms with van der Waals surface area (Å²) in [6, 6.07) is 11.7. The summed E-state index contributed by atoms with van der Waals surface area (Å²) in [5.74, 6) is 0.955. The second kappa shape index (κ2) is 10.4. The molecule has 2 saturated heterocycles. The molecule has 2 fully saturated rings. The fourth-order valence-electron chi connectivity index (χ4n) is 4.73. The van der Waals surface area contributed by atoms with Gasteiger partial charge in [-0.15, -0.1) is 0 Å². The molecule has 1 aromatic carbocycles. The number of likely N-dealkylation sites (N-methyl/N-ethyl adjacent to an activating group) is 1. The summed E-state index contributed by atoms with van der Waals surface area (Å²) in [4.78, 5) is 32.3. The minimum atomic E-state index is -0.0958. The van der Waals surface area contributed by atoms with E-state index in [-0.39, 0.29) is 30.4 Å². The third kappa shape index (κ3) is 5.93. The first kappa shape index (κ1) is 23.3. The van der Waals surface area contributed by atoms with Gasteiger partial charge in [-0.1, -0.05) is 18.2 Å². The topological polar surface area (TPSA) is 70.9 Å². The lowest BCUT2D eigenvalue weighted by Crippen LogP contribution is -2.52. The molecule has 2 aliphatic rings. The van der Waals surface area contributed by atoms with Gasteiger partial charge in [-0.3, -0.25) is 14.3 Å². The van der Waals surface area contributed by atoms with Crippen molar-refractivity contribution >= 4 is 11.8 Å². The van der Waals surface area contributed by atoms with Crippen molar-refractivity contribution in [1.29, 1.82) is 0 Å². The van der Waals surface area contributed by atoms with Crippen molar-refractivity contribution < 1.29 is 14.3 Å². The summed E-state index contributed by atoms with van der Waals surface area (Å²) in [5, 5.41) is 4.43. The largest absolute Gasteiger partial charge is 0.490 e. The quantitative estimate of drug-likeness (QED) is 0.669. The van der Waals surface area contributed by atoms with Crippen LogP contribution in [0.2, 0.25) is 0 Å². The number of carbonyl (C=O) groups excluding carboxylic acids is 2. The standard InChI is InChI=1S/C25H35N5O3/c1-19-15-20(2)30(26-19)18-25(32)29-10-9-23(33-22-7-5-4-6-8-22)21(17-29)16-24(31)28-13-11-27(3)12-14-28/h4-8,15,21,23H,9-14,16-18H2,1-3H3/t21-,23-/m0/s1. The molecule has 0 radical (unpaired) electrons. The molecule has 0 bridgehead atoms. The molecule has 3 heterocycles. The fraction of sp³-hybridized carbons (Fsp3) is 0.560. The zero-order valence-corrected chi connectivity index (χ0v) is 19.9. The Bertz CT molecular complexity index is 952. The Morgan fingerprint density at radius 2 is 1.73 bits per heavy atom. The van der Waals surface area contributed by atoms with Crippen LogP contribution >= 0.6 is 0 Å². The molecular formula is C25H35N5O3. The van der Waals surface area contributed by atoms with Crippen LogP contribution in [0.1, 0.15) is 24.2 Å². The van der Waals surface area contributed by atoms with E-state index in [0.717, 1.165) is 43.3 Å². The summed E-state index contributed by atoms with van der Waals surface area (Å²) in [6.45, 7) is 8.57. The molecule has 0 saturated carbocycles. The SMILES string of the molecule is Cc1cc(C)n(CC(=O)N2CC[C@H](Oc3ccccc3)[C@@H](CC(=O)N3CCN(C)CC3)C2)n1. The average molecular weight is 454 g/mol. The predicted octanol–water partition coefficient (Wildman–Crippen LogP) is 1.96. The fourth-order valence-corrected chi connectivity index (χ4v) is 4.73. The van der Waals surface area contributed by atoms with Crippen molar-refractivity contribution in [3.8, 4) is 5.75 Å². The van der Waals surface area contributed by atoms with Gasteiger partial charge in [0.2, 0.25) is 11.8 Å². The Kier molecular flexibility index (Phi) is 7.33. The second-order valence-corrected chi connectivity index (χ2v) is 9.33. The van der Waals surface area contributed by atoms with Crippen LogP contribution in [-0.4, -0.2) is 88.7 Å². The molecule has 0 aliphatic carbocycles. The van der Waals surface area contributed by atoms with Gasteiger partial charge in [0.05, 0.1) is 5.69 Å². The minimum Gasteiger partial charge on any atom is -0.490 e. The van der Waals surface area contributed by atoms with E-state index in [9.17, 15) is 9.59 Å².